The number of hydrogen-bond acceptors (Lipinski definition) is 4. The van der Waals surface area contributed by atoms with Crippen LogP contribution in [0.3, 0.4) is 0 Å². The Morgan fingerprint density at radius 1 is 1.15 bits per heavy atom. The van der Waals surface area contributed by atoms with Crippen LogP contribution in [0.5, 0.6) is 0 Å². The lowest BCUT2D eigenvalue weighted by Crippen LogP contribution is -2.55. The maximum Gasteiger partial charge on any atom is 0.471 e. The molecule has 0 unspecified atom stereocenters. The maximum absolute atomic E-state index is 13.0. The number of nitrogens with one attached hydrogen (secondary N) is 1. The molecule has 4 saturated carbocycles. The van der Waals surface area contributed by atoms with Crippen LogP contribution in [0.25, 0.3) is 0 Å². The number of ketones is 1. The first-order valence-corrected chi connectivity index (χ1v) is 14.2. The molecule has 0 saturated heterocycles. The molecule has 5 nitrogen and oxygen atoms in total. The van der Waals surface area contributed by atoms with Crippen molar-refractivity contribution in [2.45, 2.75) is 83.1 Å². The van der Waals surface area contributed by atoms with Crippen LogP contribution in [-0.2, 0) is 19.4 Å². The Kier molecular flexibility index (Phi) is 6.52. The molecule has 7 atom stereocenters. The molecule has 0 heterocycles. The highest BCUT2D eigenvalue weighted by Gasteiger charge is 2.61. The molecule has 0 aromatic rings. The van der Waals surface area contributed by atoms with Crippen molar-refractivity contribution >= 4 is 21.5 Å². The van der Waals surface area contributed by atoms with E-state index in [-0.39, 0.29) is 35.5 Å². The summed E-state index contributed by atoms with van der Waals surface area (Å²) in [6.45, 7) is 8.50. The van der Waals surface area contributed by atoms with E-state index in [9.17, 15) is 31.2 Å². The third kappa shape index (κ3) is 4.24. The van der Waals surface area contributed by atoms with Crippen LogP contribution in [0.2, 0.25) is 0 Å². The summed E-state index contributed by atoms with van der Waals surface area (Å²) in [6, 6.07) is 0. The Morgan fingerprint density at radius 2 is 1.85 bits per heavy atom. The highest BCUT2D eigenvalue weighted by atomic mass is 32.2. The molecule has 0 bridgehead atoms. The quantitative estimate of drug-likeness (QED) is 0.439. The summed E-state index contributed by atoms with van der Waals surface area (Å²) in [7, 11) is -3.50. The van der Waals surface area contributed by atoms with Gasteiger partial charge in [-0.3, -0.25) is 9.59 Å². The second-order valence-electron chi connectivity index (χ2n) is 11.6. The minimum atomic E-state index is -4.96. The average molecular weight is 504 g/mol. The van der Waals surface area contributed by atoms with Gasteiger partial charge < -0.3 is 5.32 Å². The zero-order chi connectivity index (χ0) is 25.1. The molecular weight excluding hydrogens is 467 g/mol. The standard InChI is InChI=1S/C25H36F3NO4S/c1-15-13-17-18-5-6-21(30)24(18,3)10-8-19(17)23(2)9-7-16(14-20(15)23)34(32,33)12-4-11-29-22(31)25(26,27)28/h16-20H,1,4-14H2,2-3H3,(H,29,31)/t16-,17-,18-,19-,20+,23+,24-/m0/s1. The minimum Gasteiger partial charge on any atom is -0.348 e. The molecular formula is C25H36F3NO4S. The molecule has 0 aliphatic heterocycles. The molecule has 4 fully saturated rings. The number of allylic oxidation sites excluding steroid dienone is 1. The van der Waals surface area contributed by atoms with Crippen molar-refractivity contribution in [2.24, 2.45) is 34.5 Å². The fraction of sp³-hybridized carbons (Fsp3) is 0.840. The van der Waals surface area contributed by atoms with Crippen LogP contribution in [0.4, 0.5) is 13.2 Å². The summed E-state index contributed by atoms with van der Waals surface area (Å²) < 4.78 is 63.0. The number of halogens is 3. The van der Waals surface area contributed by atoms with E-state index in [4.69, 9.17) is 0 Å². The molecule has 34 heavy (non-hydrogen) atoms. The molecule has 9 heteroatoms. The Hall–Kier alpha value is -1.38. The van der Waals surface area contributed by atoms with Gasteiger partial charge in [0, 0.05) is 18.4 Å². The van der Waals surface area contributed by atoms with E-state index in [0.717, 1.165) is 37.7 Å². The highest BCUT2D eigenvalue weighted by Crippen LogP contribution is 2.66. The Labute approximate surface area is 200 Å². The Bertz CT molecular complexity index is 977. The molecule has 0 radical (unpaired) electrons. The van der Waals surface area contributed by atoms with Crippen LogP contribution in [0.15, 0.2) is 12.2 Å². The molecule has 1 N–H and O–H groups in total. The fourth-order valence-corrected chi connectivity index (χ4v) is 9.89. The topological polar surface area (TPSA) is 80.3 Å². The van der Waals surface area contributed by atoms with Crippen molar-refractivity contribution < 1.29 is 31.2 Å². The van der Waals surface area contributed by atoms with E-state index in [1.165, 1.54) is 0 Å². The van der Waals surface area contributed by atoms with Gasteiger partial charge >= 0.3 is 12.1 Å². The van der Waals surface area contributed by atoms with Gasteiger partial charge in [-0.05, 0) is 80.5 Å². The maximum atomic E-state index is 13.0. The van der Waals surface area contributed by atoms with E-state index in [1.54, 1.807) is 5.32 Å². The second-order valence-corrected chi connectivity index (χ2v) is 14.0. The number of sulfone groups is 1. The van der Waals surface area contributed by atoms with Gasteiger partial charge in [0.2, 0.25) is 0 Å². The van der Waals surface area contributed by atoms with Crippen LogP contribution >= 0.6 is 0 Å². The van der Waals surface area contributed by atoms with E-state index in [1.807, 2.05) is 0 Å². The lowest BCUT2D eigenvalue weighted by molar-refractivity contribution is -0.173. The van der Waals surface area contributed by atoms with Gasteiger partial charge in [-0.1, -0.05) is 26.0 Å². The first-order chi connectivity index (χ1) is 15.7. The molecule has 4 rings (SSSR count). The normalized spacial score (nSPS) is 40.3. The number of amides is 1. The number of carbonyl (C=O) groups excluding carboxylic acids is 2. The number of rotatable bonds is 5. The smallest absolute Gasteiger partial charge is 0.348 e. The van der Waals surface area contributed by atoms with Crippen LogP contribution in [0.1, 0.15) is 71.6 Å². The third-order valence-corrected chi connectivity index (χ3v) is 12.2. The van der Waals surface area contributed by atoms with Gasteiger partial charge in [0.25, 0.3) is 0 Å². The van der Waals surface area contributed by atoms with Gasteiger partial charge in [-0.15, -0.1) is 0 Å². The first-order valence-electron chi connectivity index (χ1n) is 12.5. The zero-order valence-corrected chi connectivity index (χ0v) is 20.9. The zero-order valence-electron chi connectivity index (χ0n) is 20.0. The first kappa shape index (κ1) is 25.7. The summed E-state index contributed by atoms with van der Waals surface area (Å²) in [4.78, 5) is 23.6. The van der Waals surface area contributed by atoms with Gasteiger partial charge in [0.1, 0.15) is 5.78 Å². The van der Waals surface area contributed by atoms with E-state index in [0.29, 0.717) is 42.8 Å². The molecule has 192 valence electrons. The summed E-state index contributed by atoms with van der Waals surface area (Å²) in [5.41, 5.74) is 0.858. The van der Waals surface area contributed by atoms with Crippen molar-refractivity contribution in [1.29, 1.82) is 0 Å². The molecule has 1 amide bonds. The van der Waals surface area contributed by atoms with Crippen molar-refractivity contribution in [3.63, 3.8) is 0 Å². The largest absolute Gasteiger partial charge is 0.471 e. The second kappa shape index (κ2) is 8.63. The van der Waals surface area contributed by atoms with Crippen molar-refractivity contribution in [2.75, 3.05) is 12.3 Å². The Balaban J connectivity index is 1.41. The van der Waals surface area contributed by atoms with E-state index < -0.39 is 27.2 Å². The molecule has 4 aliphatic rings. The van der Waals surface area contributed by atoms with E-state index >= 15 is 0 Å². The van der Waals surface area contributed by atoms with Crippen LogP contribution in [-0.4, -0.2) is 43.8 Å². The van der Waals surface area contributed by atoms with Gasteiger partial charge in [-0.25, -0.2) is 8.42 Å². The summed E-state index contributed by atoms with van der Waals surface area (Å²) >= 11 is 0. The summed E-state index contributed by atoms with van der Waals surface area (Å²) in [6.07, 6.45) is 1.22. The molecule has 4 aliphatic carbocycles. The van der Waals surface area contributed by atoms with Crippen molar-refractivity contribution in [1.82, 2.24) is 5.32 Å². The van der Waals surface area contributed by atoms with Crippen LogP contribution in [0, 0.1) is 34.5 Å². The van der Waals surface area contributed by atoms with Gasteiger partial charge in [-0.2, -0.15) is 13.2 Å². The van der Waals surface area contributed by atoms with Crippen molar-refractivity contribution in [3.8, 4) is 0 Å². The van der Waals surface area contributed by atoms with Crippen LogP contribution < -0.4 is 5.32 Å². The fourth-order valence-electron chi connectivity index (χ4n) is 8.05. The molecule has 0 aromatic heterocycles. The summed E-state index contributed by atoms with van der Waals surface area (Å²) in [5.74, 6) is -0.484. The molecule has 0 aromatic carbocycles. The van der Waals surface area contributed by atoms with Gasteiger partial charge in [0.15, 0.2) is 9.84 Å². The predicted molar refractivity (Wildman–Crippen MR) is 123 cm³/mol. The number of Topliss-reactive ketones (excluding diaryl/α,β-unsaturated/α-hetero) is 1. The lowest BCUT2D eigenvalue weighted by Gasteiger charge is -2.60. The molecule has 0 spiro atoms. The lowest BCUT2D eigenvalue weighted by atomic mass is 9.44. The minimum absolute atomic E-state index is 0.0281. The number of carbonyl (C=O) groups is 2. The SMILES string of the molecule is C=C1C[C@@H]2[C@H](CC[C@]3(C)C(=O)CC[C@@H]23)[C@@]2(C)CC[C@H](S(=O)(=O)CCCNC(=O)C(F)(F)F)C[C@H]12. The third-order valence-electron chi connectivity index (χ3n) is 9.94. The monoisotopic (exact) mass is 503 g/mol. The van der Waals surface area contributed by atoms with E-state index in [2.05, 4.69) is 20.4 Å². The predicted octanol–water partition coefficient (Wildman–Crippen LogP) is 4.62. The number of hydrogen-bond donors (Lipinski definition) is 1. The average Bonchev–Trinajstić information content (AvgIpc) is 3.05. The number of fused-ring (bicyclic) bond motifs is 5. The highest BCUT2D eigenvalue weighted by molar-refractivity contribution is 7.92. The van der Waals surface area contributed by atoms with Gasteiger partial charge in [0.05, 0.1) is 11.0 Å². The summed E-state index contributed by atoms with van der Waals surface area (Å²) in [5, 5.41) is 1.22. The number of alkyl halides is 3. The Morgan fingerprint density at radius 3 is 2.53 bits per heavy atom. The van der Waals surface area contributed by atoms with Crippen molar-refractivity contribution in [3.05, 3.63) is 12.2 Å².